The highest BCUT2D eigenvalue weighted by Gasteiger charge is 2.21. The number of anilines is 1. The average Bonchev–Trinajstić information content (AvgIpc) is 3.14. The van der Waals surface area contributed by atoms with Gasteiger partial charge in [-0.15, -0.1) is 0 Å². The highest BCUT2D eigenvalue weighted by Crippen LogP contribution is 2.27. The van der Waals surface area contributed by atoms with Crippen LogP contribution in [0.1, 0.15) is 34.3 Å². The van der Waals surface area contributed by atoms with Crippen LogP contribution in [0.25, 0.3) is 0 Å². The molecule has 102 valence electrons. The van der Waals surface area contributed by atoms with Gasteiger partial charge in [0.25, 0.3) is 0 Å². The Morgan fingerprint density at radius 2 is 2.00 bits per heavy atom. The van der Waals surface area contributed by atoms with Gasteiger partial charge in [0.1, 0.15) is 0 Å². The van der Waals surface area contributed by atoms with E-state index in [0.29, 0.717) is 18.2 Å². The third kappa shape index (κ3) is 3.47. The number of carbonyl (C=O) groups is 2. The Morgan fingerprint density at radius 3 is 2.58 bits per heavy atom. The van der Waals surface area contributed by atoms with Crippen molar-refractivity contribution in [2.75, 3.05) is 11.9 Å². The van der Waals surface area contributed by atoms with Gasteiger partial charge < -0.3 is 15.7 Å². The second-order valence-electron chi connectivity index (χ2n) is 5.05. The maximum atomic E-state index is 11.7. The van der Waals surface area contributed by atoms with Gasteiger partial charge in [0.05, 0.1) is 5.56 Å². The zero-order valence-electron chi connectivity index (χ0n) is 11.1. The minimum absolute atomic E-state index is 0.220. The number of hydrogen-bond acceptors (Lipinski definition) is 2. The van der Waals surface area contributed by atoms with E-state index in [1.807, 2.05) is 6.92 Å². The molecule has 0 aliphatic heterocycles. The van der Waals surface area contributed by atoms with E-state index < -0.39 is 5.97 Å². The Hall–Kier alpha value is -2.04. The average molecular weight is 262 g/mol. The van der Waals surface area contributed by atoms with Crippen LogP contribution in [-0.2, 0) is 0 Å². The highest BCUT2D eigenvalue weighted by molar-refractivity contribution is 5.94. The van der Waals surface area contributed by atoms with Gasteiger partial charge in [-0.1, -0.05) is 0 Å². The molecule has 0 atom stereocenters. The van der Waals surface area contributed by atoms with Gasteiger partial charge in [0.15, 0.2) is 0 Å². The molecule has 0 heterocycles. The SMILES string of the molecule is Cc1cc(NC(=O)NCC2CC2)cc(C(=O)O)c1C. The lowest BCUT2D eigenvalue weighted by Crippen LogP contribution is -2.30. The summed E-state index contributed by atoms with van der Waals surface area (Å²) in [6, 6.07) is 2.98. The first-order chi connectivity index (χ1) is 8.97. The zero-order chi connectivity index (χ0) is 14.0. The number of carbonyl (C=O) groups excluding carboxylic acids is 1. The Balaban J connectivity index is 2.06. The Kier molecular flexibility index (Phi) is 3.74. The van der Waals surface area contributed by atoms with E-state index in [2.05, 4.69) is 10.6 Å². The molecule has 5 nitrogen and oxygen atoms in total. The number of aromatic carboxylic acids is 1. The normalized spacial score (nSPS) is 14.0. The molecule has 5 heteroatoms. The Morgan fingerprint density at radius 1 is 1.32 bits per heavy atom. The molecular weight excluding hydrogens is 244 g/mol. The third-order valence-corrected chi connectivity index (χ3v) is 3.40. The largest absolute Gasteiger partial charge is 0.478 e. The van der Waals surface area contributed by atoms with Crippen LogP contribution in [0.4, 0.5) is 10.5 Å². The molecule has 0 unspecified atom stereocenters. The maximum absolute atomic E-state index is 11.7. The second kappa shape index (κ2) is 5.30. The molecule has 0 saturated heterocycles. The van der Waals surface area contributed by atoms with E-state index in [9.17, 15) is 9.59 Å². The predicted molar refractivity (Wildman–Crippen MR) is 72.6 cm³/mol. The third-order valence-electron chi connectivity index (χ3n) is 3.40. The molecule has 1 aromatic carbocycles. The fourth-order valence-corrected chi connectivity index (χ4v) is 1.89. The lowest BCUT2D eigenvalue weighted by atomic mass is 10.0. The van der Waals surface area contributed by atoms with Crippen molar-refractivity contribution in [3.8, 4) is 0 Å². The van der Waals surface area contributed by atoms with Crippen molar-refractivity contribution in [2.24, 2.45) is 5.92 Å². The summed E-state index contributed by atoms with van der Waals surface area (Å²) in [5, 5.41) is 14.6. The van der Waals surface area contributed by atoms with E-state index in [1.165, 1.54) is 18.9 Å². The maximum Gasteiger partial charge on any atom is 0.336 e. The number of rotatable bonds is 4. The van der Waals surface area contributed by atoms with Crippen LogP contribution in [-0.4, -0.2) is 23.7 Å². The summed E-state index contributed by atoms with van der Waals surface area (Å²) < 4.78 is 0. The monoisotopic (exact) mass is 262 g/mol. The van der Waals surface area contributed by atoms with Crippen molar-refractivity contribution in [3.63, 3.8) is 0 Å². The second-order valence-corrected chi connectivity index (χ2v) is 5.05. The van der Waals surface area contributed by atoms with E-state index >= 15 is 0 Å². The lowest BCUT2D eigenvalue weighted by molar-refractivity contribution is 0.0696. The van der Waals surface area contributed by atoms with Crippen LogP contribution >= 0.6 is 0 Å². The summed E-state index contributed by atoms with van der Waals surface area (Å²) in [4.78, 5) is 22.8. The molecule has 0 bridgehead atoms. The standard InChI is InChI=1S/C14H18N2O3/c1-8-5-11(6-12(9(8)2)13(17)18)16-14(19)15-7-10-3-4-10/h5-6,10H,3-4,7H2,1-2H3,(H,17,18)(H2,15,16,19). The van der Waals surface area contributed by atoms with Crippen LogP contribution < -0.4 is 10.6 Å². The van der Waals surface area contributed by atoms with Gasteiger partial charge in [-0.25, -0.2) is 9.59 Å². The summed E-state index contributed by atoms with van der Waals surface area (Å²) in [6.45, 7) is 4.27. The van der Waals surface area contributed by atoms with E-state index in [4.69, 9.17) is 5.11 Å². The quantitative estimate of drug-likeness (QED) is 0.780. The highest BCUT2D eigenvalue weighted by atomic mass is 16.4. The van der Waals surface area contributed by atoms with E-state index in [1.54, 1.807) is 13.0 Å². The number of amides is 2. The number of aryl methyl sites for hydroxylation is 1. The van der Waals surface area contributed by atoms with Gasteiger partial charge in [-0.3, -0.25) is 0 Å². The number of urea groups is 1. The first-order valence-corrected chi connectivity index (χ1v) is 6.36. The molecular formula is C14H18N2O3. The summed E-state index contributed by atoms with van der Waals surface area (Å²) in [6.07, 6.45) is 2.35. The van der Waals surface area contributed by atoms with Gasteiger partial charge >= 0.3 is 12.0 Å². The lowest BCUT2D eigenvalue weighted by Gasteiger charge is -2.11. The fourth-order valence-electron chi connectivity index (χ4n) is 1.89. The predicted octanol–water partition coefficient (Wildman–Crippen LogP) is 2.53. The van der Waals surface area contributed by atoms with Gasteiger partial charge in [-0.05, 0) is 55.9 Å². The van der Waals surface area contributed by atoms with E-state index in [-0.39, 0.29) is 11.6 Å². The minimum atomic E-state index is -0.984. The molecule has 1 saturated carbocycles. The number of benzene rings is 1. The molecule has 1 aliphatic carbocycles. The van der Waals surface area contributed by atoms with Gasteiger partial charge in [0, 0.05) is 12.2 Å². The van der Waals surface area contributed by atoms with Crippen LogP contribution in [0.2, 0.25) is 0 Å². The van der Waals surface area contributed by atoms with Gasteiger partial charge in [0.2, 0.25) is 0 Å². The number of hydrogen-bond donors (Lipinski definition) is 3. The minimum Gasteiger partial charge on any atom is -0.478 e. The van der Waals surface area contributed by atoms with Crippen LogP contribution in [0, 0.1) is 19.8 Å². The Labute approximate surface area is 112 Å². The van der Waals surface area contributed by atoms with Crippen molar-refractivity contribution >= 4 is 17.7 Å². The van der Waals surface area contributed by atoms with Crippen LogP contribution in [0.5, 0.6) is 0 Å². The van der Waals surface area contributed by atoms with Crippen molar-refractivity contribution in [1.29, 1.82) is 0 Å². The Bertz CT molecular complexity index is 522. The molecule has 1 fully saturated rings. The van der Waals surface area contributed by atoms with Crippen LogP contribution in [0.3, 0.4) is 0 Å². The molecule has 2 amide bonds. The summed E-state index contributed by atoms with van der Waals surface area (Å²) >= 11 is 0. The summed E-state index contributed by atoms with van der Waals surface area (Å²) in [5.41, 5.74) is 2.29. The molecule has 0 aromatic heterocycles. The zero-order valence-corrected chi connectivity index (χ0v) is 11.1. The van der Waals surface area contributed by atoms with Gasteiger partial charge in [-0.2, -0.15) is 0 Å². The molecule has 3 N–H and O–H groups in total. The molecule has 0 spiro atoms. The van der Waals surface area contributed by atoms with Crippen LogP contribution in [0.15, 0.2) is 12.1 Å². The first kappa shape index (κ1) is 13.4. The fraction of sp³-hybridized carbons (Fsp3) is 0.429. The van der Waals surface area contributed by atoms with E-state index in [0.717, 1.165) is 11.1 Å². The molecule has 19 heavy (non-hydrogen) atoms. The van der Waals surface area contributed by atoms with Crippen molar-refractivity contribution in [1.82, 2.24) is 5.32 Å². The molecule has 2 rings (SSSR count). The molecule has 1 aliphatic rings. The van der Waals surface area contributed by atoms with Crippen molar-refractivity contribution < 1.29 is 14.7 Å². The van der Waals surface area contributed by atoms with Crippen molar-refractivity contribution in [2.45, 2.75) is 26.7 Å². The number of nitrogens with one attached hydrogen (secondary N) is 2. The number of carboxylic acids is 1. The summed E-state index contributed by atoms with van der Waals surface area (Å²) in [7, 11) is 0. The van der Waals surface area contributed by atoms with Crippen molar-refractivity contribution in [3.05, 3.63) is 28.8 Å². The summed E-state index contributed by atoms with van der Waals surface area (Å²) in [5.74, 6) is -0.372. The molecule has 1 aromatic rings. The smallest absolute Gasteiger partial charge is 0.336 e. The number of carboxylic acid groups (broad SMARTS) is 1. The molecule has 0 radical (unpaired) electrons. The topological polar surface area (TPSA) is 78.4 Å². The first-order valence-electron chi connectivity index (χ1n) is 6.36.